The lowest BCUT2D eigenvalue weighted by molar-refractivity contribution is 0.487. The molecule has 0 spiro atoms. The minimum Gasteiger partial charge on any atom is -0.456 e. The zero-order valence-electron chi connectivity index (χ0n) is 19.4. The molecule has 0 saturated heterocycles. The van der Waals surface area contributed by atoms with Crippen molar-refractivity contribution in [1.82, 2.24) is 0 Å². The molecule has 2 heterocycles. The highest BCUT2D eigenvalue weighted by Crippen LogP contribution is 2.48. The van der Waals surface area contributed by atoms with Crippen LogP contribution in [-0.4, -0.2) is 0 Å². The lowest BCUT2D eigenvalue weighted by Crippen LogP contribution is -1.97. The van der Waals surface area contributed by atoms with E-state index in [-0.39, 0.29) is 0 Å². The quantitative estimate of drug-likeness (QED) is 0.256. The van der Waals surface area contributed by atoms with E-state index in [0.717, 1.165) is 50.1 Å². The summed E-state index contributed by atoms with van der Waals surface area (Å²) in [6.45, 7) is 0. The third-order valence-corrected chi connectivity index (χ3v) is 7.29. The molecule has 168 valence electrons. The number of hydrogen-bond donors (Lipinski definition) is 0. The van der Waals surface area contributed by atoms with Crippen LogP contribution in [0.1, 0.15) is 0 Å². The van der Waals surface area contributed by atoms with E-state index in [4.69, 9.17) is 9.15 Å². The molecule has 2 heteroatoms. The van der Waals surface area contributed by atoms with Gasteiger partial charge in [0.25, 0.3) is 0 Å². The number of para-hydroxylation sites is 3. The summed E-state index contributed by atoms with van der Waals surface area (Å²) in [5.41, 5.74) is 8.80. The minimum absolute atomic E-state index is 0.908. The fraction of sp³-hybridized carbons (Fsp3) is 0. The summed E-state index contributed by atoms with van der Waals surface area (Å²) in [6.07, 6.45) is 0. The number of benzene rings is 6. The van der Waals surface area contributed by atoms with Crippen molar-refractivity contribution in [3.8, 4) is 44.9 Å². The van der Waals surface area contributed by atoms with Gasteiger partial charge in [-0.3, -0.25) is 0 Å². The molecule has 1 aromatic heterocycles. The summed E-state index contributed by atoms with van der Waals surface area (Å²) < 4.78 is 12.6. The van der Waals surface area contributed by atoms with Crippen LogP contribution < -0.4 is 4.74 Å². The van der Waals surface area contributed by atoms with Crippen LogP contribution in [0.4, 0.5) is 0 Å². The predicted molar refractivity (Wildman–Crippen MR) is 148 cm³/mol. The van der Waals surface area contributed by atoms with Gasteiger partial charge in [-0.05, 0) is 51.9 Å². The third-order valence-electron chi connectivity index (χ3n) is 7.29. The Balaban J connectivity index is 1.33. The molecule has 0 saturated carbocycles. The summed E-state index contributed by atoms with van der Waals surface area (Å²) in [7, 11) is 0. The van der Waals surface area contributed by atoms with Gasteiger partial charge in [-0.1, -0.05) is 97.1 Å². The van der Waals surface area contributed by atoms with Gasteiger partial charge < -0.3 is 9.15 Å². The van der Waals surface area contributed by atoms with Crippen LogP contribution in [0.25, 0.3) is 66.1 Å². The fourth-order valence-electron chi connectivity index (χ4n) is 5.66. The van der Waals surface area contributed by atoms with Gasteiger partial charge in [0.1, 0.15) is 22.7 Å². The van der Waals surface area contributed by atoms with Gasteiger partial charge in [0.15, 0.2) is 0 Å². The van der Waals surface area contributed by atoms with Gasteiger partial charge in [0.05, 0.1) is 0 Å². The smallest absolute Gasteiger partial charge is 0.143 e. The first kappa shape index (κ1) is 19.5. The van der Waals surface area contributed by atoms with E-state index in [9.17, 15) is 0 Å². The molecule has 1 aliphatic heterocycles. The summed E-state index contributed by atoms with van der Waals surface area (Å²) in [4.78, 5) is 0. The van der Waals surface area contributed by atoms with E-state index < -0.39 is 0 Å². The van der Waals surface area contributed by atoms with Crippen molar-refractivity contribution in [1.29, 1.82) is 0 Å². The van der Waals surface area contributed by atoms with Crippen LogP contribution in [0.15, 0.2) is 126 Å². The van der Waals surface area contributed by atoms with Crippen LogP contribution in [0, 0.1) is 0 Å². The molecule has 0 amide bonds. The normalized spacial score (nSPS) is 12.1. The summed E-state index contributed by atoms with van der Waals surface area (Å²) in [5.74, 6) is 1.82. The minimum atomic E-state index is 0.908. The van der Waals surface area contributed by atoms with Gasteiger partial charge in [0, 0.05) is 27.3 Å². The first-order chi connectivity index (χ1) is 17.8. The van der Waals surface area contributed by atoms with E-state index in [0.29, 0.717) is 0 Å². The first-order valence-corrected chi connectivity index (χ1v) is 12.2. The molecular formula is C34H20O2. The Morgan fingerprint density at radius 2 is 1.11 bits per heavy atom. The highest BCUT2D eigenvalue weighted by Gasteiger charge is 2.21. The average molecular weight is 461 g/mol. The highest BCUT2D eigenvalue weighted by atomic mass is 16.5. The van der Waals surface area contributed by atoms with Gasteiger partial charge in [-0.25, -0.2) is 0 Å². The maximum absolute atomic E-state index is 6.32. The van der Waals surface area contributed by atoms with Crippen LogP contribution >= 0.6 is 0 Å². The monoisotopic (exact) mass is 460 g/mol. The molecule has 8 rings (SSSR count). The second-order valence-corrected chi connectivity index (χ2v) is 9.30. The lowest BCUT2D eigenvalue weighted by atomic mass is 9.89. The topological polar surface area (TPSA) is 22.4 Å². The standard InChI is InChI=1S/C34H20O2/c1-3-16-30-25(10-1)28-14-7-13-27-23(18-19-32(35-30)33(27)28)21-8-5-9-22(20-21)24-12-6-15-29-26-11-2-4-17-31(26)36-34(24)29/h1-20H. The van der Waals surface area contributed by atoms with Crippen molar-refractivity contribution in [3.05, 3.63) is 121 Å². The molecule has 0 unspecified atom stereocenters. The fourth-order valence-corrected chi connectivity index (χ4v) is 5.66. The summed E-state index contributed by atoms with van der Waals surface area (Å²) >= 11 is 0. The van der Waals surface area contributed by atoms with Crippen LogP contribution in [0.3, 0.4) is 0 Å². The Labute approximate surface area is 208 Å². The first-order valence-electron chi connectivity index (χ1n) is 12.2. The van der Waals surface area contributed by atoms with Gasteiger partial charge in [0.2, 0.25) is 0 Å². The molecular weight excluding hydrogens is 440 g/mol. The third kappa shape index (κ3) is 2.73. The molecule has 0 fully saturated rings. The number of ether oxygens (including phenoxy) is 1. The van der Waals surface area contributed by atoms with Crippen molar-refractivity contribution in [3.63, 3.8) is 0 Å². The average Bonchev–Trinajstić information content (AvgIpc) is 3.32. The van der Waals surface area contributed by atoms with Crippen LogP contribution in [0.2, 0.25) is 0 Å². The molecule has 7 aromatic rings. The van der Waals surface area contributed by atoms with Gasteiger partial charge >= 0.3 is 0 Å². The zero-order chi connectivity index (χ0) is 23.6. The lowest BCUT2D eigenvalue weighted by Gasteiger charge is -2.22. The Kier molecular flexibility index (Phi) is 3.97. The molecule has 0 radical (unpaired) electrons. The molecule has 0 aliphatic carbocycles. The van der Waals surface area contributed by atoms with Crippen molar-refractivity contribution in [2.45, 2.75) is 0 Å². The van der Waals surface area contributed by atoms with Crippen LogP contribution in [0.5, 0.6) is 11.5 Å². The maximum Gasteiger partial charge on any atom is 0.143 e. The Hall–Kier alpha value is -4.82. The van der Waals surface area contributed by atoms with E-state index in [1.807, 2.05) is 24.3 Å². The Morgan fingerprint density at radius 3 is 2.06 bits per heavy atom. The molecule has 1 aliphatic rings. The number of furan rings is 1. The maximum atomic E-state index is 6.32. The number of hydrogen-bond acceptors (Lipinski definition) is 2. The number of fused-ring (bicyclic) bond motifs is 5. The second-order valence-electron chi connectivity index (χ2n) is 9.30. The molecule has 2 nitrogen and oxygen atoms in total. The van der Waals surface area contributed by atoms with Crippen LogP contribution in [-0.2, 0) is 0 Å². The van der Waals surface area contributed by atoms with Gasteiger partial charge in [-0.15, -0.1) is 0 Å². The number of rotatable bonds is 2. The molecule has 36 heavy (non-hydrogen) atoms. The predicted octanol–water partition coefficient (Wildman–Crippen LogP) is 9.85. The molecule has 0 atom stereocenters. The highest BCUT2D eigenvalue weighted by molar-refractivity contribution is 6.11. The van der Waals surface area contributed by atoms with Crippen molar-refractivity contribution >= 4 is 32.7 Å². The van der Waals surface area contributed by atoms with Crippen molar-refractivity contribution in [2.24, 2.45) is 0 Å². The largest absolute Gasteiger partial charge is 0.456 e. The Morgan fingerprint density at radius 1 is 0.417 bits per heavy atom. The van der Waals surface area contributed by atoms with E-state index in [1.165, 1.54) is 27.5 Å². The van der Waals surface area contributed by atoms with Gasteiger partial charge in [-0.2, -0.15) is 0 Å². The zero-order valence-corrected chi connectivity index (χ0v) is 19.4. The summed E-state index contributed by atoms with van der Waals surface area (Å²) in [6, 6.07) is 42.4. The van der Waals surface area contributed by atoms with E-state index in [1.54, 1.807) is 0 Å². The molecule has 0 N–H and O–H groups in total. The SMILES string of the molecule is c1cc(-c2ccc3c4c(cccc24)-c2ccccc2O3)cc(-c2cccc3c2oc2ccccc23)c1. The Bertz CT molecular complexity index is 1980. The summed E-state index contributed by atoms with van der Waals surface area (Å²) in [5, 5.41) is 4.65. The van der Waals surface area contributed by atoms with Crippen molar-refractivity contribution in [2.75, 3.05) is 0 Å². The van der Waals surface area contributed by atoms with Crippen molar-refractivity contribution < 1.29 is 9.15 Å². The van der Waals surface area contributed by atoms with E-state index >= 15 is 0 Å². The second kappa shape index (κ2) is 7.34. The van der Waals surface area contributed by atoms with E-state index in [2.05, 4.69) is 97.1 Å². The molecule has 0 bridgehead atoms. The molecule has 6 aromatic carbocycles.